The van der Waals surface area contributed by atoms with Crippen LogP contribution >= 0.6 is 0 Å². The highest BCUT2D eigenvalue weighted by Crippen LogP contribution is 2.04. The van der Waals surface area contributed by atoms with Gasteiger partial charge in [0, 0.05) is 19.1 Å². The summed E-state index contributed by atoms with van der Waals surface area (Å²) in [4.78, 5) is 12.2. The third kappa shape index (κ3) is 10.7. The van der Waals surface area contributed by atoms with Gasteiger partial charge < -0.3 is 25.6 Å². The zero-order valence-electron chi connectivity index (χ0n) is 17.1. The Labute approximate surface area is 174 Å². The molecule has 0 saturated heterocycles. The van der Waals surface area contributed by atoms with E-state index in [0.717, 1.165) is 37.9 Å². The van der Waals surface area contributed by atoms with Crippen molar-refractivity contribution in [2.24, 2.45) is 0 Å². The summed E-state index contributed by atoms with van der Waals surface area (Å²) in [7, 11) is -0.496. The predicted molar refractivity (Wildman–Crippen MR) is 117 cm³/mol. The van der Waals surface area contributed by atoms with Crippen LogP contribution in [0.25, 0.3) is 0 Å². The van der Waals surface area contributed by atoms with Gasteiger partial charge in [-0.1, -0.05) is 67.1 Å². The summed E-state index contributed by atoms with van der Waals surface area (Å²) in [6, 6.07) is 19.8. The van der Waals surface area contributed by atoms with E-state index in [1.54, 1.807) is 6.82 Å². The van der Waals surface area contributed by atoms with Gasteiger partial charge in [-0.2, -0.15) is 0 Å². The molecule has 156 valence electrons. The number of hydrogen-bond acceptors (Lipinski definition) is 5. The second-order valence-electron chi connectivity index (χ2n) is 7.15. The maximum atomic E-state index is 12.2. The zero-order valence-corrected chi connectivity index (χ0v) is 17.1. The molecule has 4 N–H and O–H groups in total. The first kappa shape index (κ1) is 22.9. The quantitative estimate of drug-likeness (QED) is 0.309. The number of carbonyl (C=O) groups excluding carboxylic acids is 1. The van der Waals surface area contributed by atoms with Gasteiger partial charge in [0.15, 0.2) is 0 Å². The summed E-state index contributed by atoms with van der Waals surface area (Å²) >= 11 is 0. The van der Waals surface area contributed by atoms with E-state index in [4.69, 9.17) is 4.74 Å². The molecule has 0 bridgehead atoms. The highest BCUT2D eigenvalue weighted by molar-refractivity contribution is 6.45. The van der Waals surface area contributed by atoms with Crippen molar-refractivity contribution in [3.05, 3.63) is 71.8 Å². The second kappa shape index (κ2) is 13.8. The lowest BCUT2D eigenvalue weighted by Crippen LogP contribution is -2.42. The molecule has 1 unspecified atom stereocenters. The molecule has 2 aromatic rings. The first-order chi connectivity index (χ1) is 14.1. The standard InChI is InChI=1S/C22H32BN3O3/c1-23(28)25-15-9-8-14-21(17-24-16-19-10-4-2-5-11-19)26-22(27)29-18-20-12-6-3-7-13-20/h2-7,10-13,21,24-25,28H,8-9,14-18H2,1H3,(H,26,27). The summed E-state index contributed by atoms with van der Waals surface area (Å²) in [5, 5.41) is 18.6. The Hall–Kier alpha value is -2.35. The number of unbranched alkanes of at least 4 members (excludes halogenated alkanes) is 1. The van der Waals surface area contributed by atoms with E-state index < -0.39 is 13.1 Å². The normalized spacial score (nSPS) is 11.7. The van der Waals surface area contributed by atoms with E-state index in [2.05, 4.69) is 28.0 Å². The Morgan fingerprint density at radius 2 is 1.69 bits per heavy atom. The summed E-state index contributed by atoms with van der Waals surface area (Å²) in [5.41, 5.74) is 2.17. The van der Waals surface area contributed by atoms with E-state index in [9.17, 15) is 9.82 Å². The van der Waals surface area contributed by atoms with Crippen molar-refractivity contribution >= 4 is 13.1 Å². The van der Waals surface area contributed by atoms with Gasteiger partial charge in [-0.25, -0.2) is 4.79 Å². The first-order valence-corrected chi connectivity index (χ1v) is 10.3. The van der Waals surface area contributed by atoms with Gasteiger partial charge in [0.2, 0.25) is 0 Å². The summed E-state index contributed by atoms with van der Waals surface area (Å²) in [6.07, 6.45) is 2.31. The number of hydrogen-bond donors (Lipinski definition) is 4. The lowest BCUT2D eigenvalue weighted by molar-refractivity contribution is 0.134. The predicted octanol–water partition coefficient (Wildman–Crippen LogP) is 2.94. The average Bonchev–Trinajstić information content (AvgIpc) is 2.73. The molecule has 1 atom stereocenters. The van der Waals surface area contributed by atoms with Gasteiger partial charge in [0.25, 0.3) is 0 Å². The molecule has 7 heteroatoms. The fraction of sp³-hybridized carbons (Fsp3) is 0.409. The molecular formula is C22H32BN3O3. The first-order valence-electron chi connectivity index (χ1n) is 10.3. The van der Waals surface area contributed by atoms with Gasteiger partial charge >= 0.3 is 13.1 Å². The van der Waals surface area contributed by atoms with Crippen LogP contribution in [0.3, 0.4) is 0 Å². The van der Waals surface area contributed by atoms with Crippen LogP contribution in [0.5, 0.6) is 0 Å². The monoisotopic (exact) mass is 397 g/mol. The highest BCUT2D eigenvalue weighted by atomic mass is 16.5. The molecule has 0 aliphatic carbocycles. The number of amides is 1. The molecule has 0 aliphatic rings. The van der Waals surface area contributed by atoms with E-state index in [-0.39, 0.29) is 12.6 Å². The minimum Gasteiger partial charge on any atom is -0.445 e. The van der Waals surface area contributed by atoms with Crippen molar-refractivity contribution in [2.45, 2.75) is 45.3 Å². The maximum absolute atomic E-state index is 12.2. The maximum Gasteiger partial charge on any atom is 0.407 e. The van der Waals surface area contributed by atoms with Crippen molar-refractivity contribution in [3.63, 3.8) is 0 Å². The van der Waals surface area contributed by atoms with Crippen LogP contribution in [0, 0.1) is 0 Å². The van der Waals surface area contributed by atoms with Crippen molar-refractivity contribution in [3.8, 4) is 0 Å². The van der Waals surface area contributed by atoms with Crippen LogP contribution in [0.1, 0.15) is 30.4 Å². The Bertz CT molecular complexity index is 686. The van der Waals surface area contributed by atoms with Crippen LogP contribution in [0.15, 0.2) is 60.7 Å². The molecule has 6 nitrogen and oxygen atoms in total. The van der Waals surface area contributed by atoms with Crippen molar-refractivity contribution in [2.75, 3.05) is 13.1 Å². The number of rotatable bonds is 13. The molecule has 2 aromatic carbocycles. The van der Waals surface area contributed by atoms with Crippen LogP contribution < -0.4 is 15.9 Å². The molecule has 0 fully saturated rings. The molecule has 1 amide bonds. The second-order valence-corrected chi connectivity index (χ2v) is 7.15. The molecular weight excluding hydrogens is 365 g/mol. The van der Waals surface area contributed by atoms with E-state index in [1.165, 1.54) is 5.56 Å². The molecule has 0 aromatic heterocycles. The van der Waals surface area contributed by atoms with Crippen LogP contribution in [-0.4, -0.2) is 37.3 Å². The Morgan fingerprint density at radius 3 is 2.34 bits per heavy atom. The summed E-state index contributed by atoms with van der Waals surface area (Å²) < 4.78 is 5.36. The minimum absolute atomic E-state index is 0.0199. The number of nitrogens with one attached hydrogen (secondary N) is 3. The van der Waals surface area contributed by atoms with Gasteiger partial charge in [0.1, 0.15) is 6.61 Å². The van der Waals surface area contributed by atoms with E-state index >= 15 is 0 Å². The zero-order chi connectivity index (χ0) is 20.7. The van der Waals surface area contributed by atoms with Gasteiger partial charge in [-0.3, -0.25) is 0 Å². The molecule has 0 saturated carbocycles. The van der Waals surface area contributed by atoms with Crippen molar-refractivity contribution in [1.29, 1.82) is 0 Å². The Balaban J connectivity index is 1.75. The fourth-order valence-electron chi connectivity index (χ4n) is 2.97. The topological polar surface area (TPSA) is 82.6 Å². The molecule has 0 radical (unpaired) electrons. The van der Waals surface area contributed by atoms with E-state index in [0.29, 0.717) is 6.54 Å². The van der Waals surface area contributed by atoms with Crippen molar-refractivity contribution in [1.82, 2.24) is 15.9 Å². The highest BCUT2D eigenvalue weighted by Gasteiger charge is 2.13. The van der Waals surface area contributed by atoms with E-state index in [1.807, 2.05) is 48.5 Å². The molecule has 0 spiro atoms. The average molecular weight is 397 g/mol. The SMILES string of the molecule is CB(O)NCCCCC(CNCc1ccccc1)NC(=O)OCc1ccccc1. The lowest BCUT2D eigenvalue weighted by atomic mass is 9.89. The van der Waals surface area contributed by atoms with Gasteiger partial charge in [-0.05, 0) is 37.3 Å². The molecule has 0 aliphatic heterocycles. The largest absolute Gasteiger partial charge is 0.445 e. The third-order valence-electron chi connectivity index (χ3n) is 4.52. The number of ether oxygens (including phenoxy) is 1. The molecule has 0 heterocycles. The van der Waals surface area contributed by atoms with Crippen LogP contribution in [0.4, 0.5) is 4.79 Å². The molecule has 2 rings (SSSR count). The number of benzene rings is 2. The summed E-state index contributed by atoms with van der Waals surface area (Å²) in [5.74, 6) is 0. The number of carbonyl (C=O) groups is 1. The summed E-state index contributed by atoms with van der Waals surface area (Å²) in [6.45, 7) is 4.14. The van der Waals surface area contributed by atoms with Crippen LogP contribution in [-0.2, 0) is 17.9 Å². The third-order valence-corrected chi connectivity index (χ3v) is 4.52. The lowest BCUT2D eigenvalue weighted by Gasteiger charge is -2.19. The fourth-order valence-corrected chi connectivity index (χ4v) is 2.97. The number of alkyl carbamates (subject to hydrolysis) is 1. The van der Waals surface area contributed by atoms with Crippen molar-refractivity contribution < 1.29 is 14.6 Å². The molecule has 29 heavy (non-hydrogen) atoms. The minimum atomic E-state index is -0.496. The Kier molecular flexibility index (Phi) is 10.9. The Morgan fingerprint density at radius 1 is 1.03 bits per heavy atom. The van der Waals surface area contributed by atoms with Gasteiger partial charge in [-0.15, -0.1) is 0 Å². The smallest absolute Gasteiger partial charge is 0.407 e. The van der Waals surface area contributed by atoms with Crippen LogP contribution in [0.2, 0.25) is 6.82 Å². The van der Waals surface area contributed by atoms with Gasteiger partial charge in [0.05, 0.1) is 0 Å².